The van der Waals surface area contributed by atoms with Crippen molar-refractivity contribution >= 4 is 15.9 Å². The van der Waals surface area contributed by atoms with Gasteiger partial charge < -0.3 is 4.90 Å². The second-order valence-electron chi connectivity index (χ2n) is 9.27. The van der Waals surface area contributed by atoms with Gasteiger partial charge in [-0.2, -0.15) is 26.8 Å². The lowest BCUT2D eigenvalue weighted by Crippen LogP contribution is -2.53. The van der Waals surface area contributed by atoms with Gasteiger partial charge in [-0.25, -0.2) is 8.78 Å². The molecule has 0 radical (unpaired) electrons. The number of hydrogen-bond donors (Lipinski definition) is 0. The molecule has 1 aromatic carbocycles. The van der Waals surface area contributed by atoms with Crippen LogP contribution in [0.5, 0.6) is 0 Å². The van der Waals surface area contributed by atoms with E-state index < -0.39 is 21.8 Å². The Morgan fingerprint density at radius 1 is 0.824 bits per heavy atom. The number of hydrogen-bond acceptors (Lipinski definition) is 5. The summed E-state index contributed by atoms with van der Waals surface area (Å²) in [6.45, 7) is 2.70. The molecule has 0 amide bonds. The number of piperazine rings is 1. The summed E-state index contributed by atoms with van der Waals surface area (Å²) < 4.78 is 57.6. The van der Waals surface area contributed by atoms with Gasteiger partial charge in [0, 0.05) is 50.9 Å². The zero-order chi connectivity index (χ0) is 23.9. The lowest BCUT2D eigenvalue weighted by atomic mass is 9.97. The summed E-state index contributed by atoms with van der Waals surface area (Å²) >= 11 is 0. The first-order chi connectivity index (χ1) is 16.3. The van der Waals surface area contributed by atoms with Gasteiger partial charge in [-0.1, -0.05) is 12.8 Å². The van der Waals surface area contributed by atoms with E-state index in [0.29, 0.717) is 50.5 Å². The molecule has 2 aliphatic heterocycles. The molecule has 0 spiro atoms. The number of halogens is 2. The molecule has 34 heavy (non-hydrogen) atoms. The summed E-state index contributed by atoms with van der Waals surface area (Å²) in [5.41, 5.74) is 0.979. The summed E-state index contributed by atoms with van der Waals surface area (Å²) in [5, 5.41) is 4.26. The van der Waals surface area contributed by atoms with Crippen LogP contribution in [0.25, 0.3) is 5.69 Å². The minimum absolute atomic E-state index is 0.0431. The number of benzene rings is 1. The second kappa shape index (κ2) is 9.35. The summed E-state index contributed by atoms with van der Waals surface area (Å²) in [4.78, 5) is 15.6. The van der Waals surface area contributed by atoms with E-state index in [1.807, 2.05) is 4.90 Å². The lowest BCUT2D eigenvalue weighted by Gasteiger charge is -2.37. The zero-order valence-corrected chi connectivity index (χ0v) is 19.8. The molecule has 2 saturated heterocycles. The normalized spacial score (nSPS) is 20.9. The lowest BCUT2D eigenvalue weighted by molar-refractivity contribution is 0.343. The minimum atomic E-state index is -3.46. The highest BCUT2D eigenvalue weighted by atomic mass is 32.2. The van der Waals surface area contributed by atoms with Gasteiger partial charge in [-0.3, -0.25) is 4.79 Å². The van der Waals surface area contributed by atoms with Gasteiger partial charge in [-0.05, 0) is 43.7 Å². The summed E-state index contributed by atoms with van der Waals surface area (Å²) in [5.74, 6) is -1.50. The number of nitrogens with zero attached hydrogens (tertiary/aromatic N) is 5. The molecule has 184 valence electrons. The van der Waals surface area contributed by atoms with Crippen molar-refractivity contribution in [2.24, 2.45) is 0 Å². The Kier molecular flexibility index (Phi) is 6.43. The Morgan fingerprint density at radius 2 is 1.41 bits per heavy atom. The number of anilines is 1. The molecule has 0 atom stereocenters. The van der Waals surface area contributed by atoms with Crippen LogP contribution in [0.2, 0.25) is 0 Å². The van der Waals surface area contributed by atoms with Crippen molar-refractivity contribution in [3.05, 3.63) is 51.9 Å². The Balaban J connectivity index is 1.45. The van der Waals surface area contributed by atoms with Crippen LogP contribution in [-0.2, 0) is 10.2 Å². The van der Waals surface area contributed by atoms with E-state index in [-0.39, 0.29) is 17.2 Å². The van der Waals surface area contributed by atoms with Crippen LogP contribution in [-0.4, -0.2) is 66.1 Å². The first-order valence-corrected chi connectivity index (χ1v) is 13.3. The highest BCUT2D eigenvalue weighted by Crippen LogP contribution is 2.37. The Morgan fingerprint density at radius 3 is 2.03 bits per heavy atom. The van der Waals surface area contributed by atoms with Crippen molar-refractivity contribution in [1.29, 1.82) is 0 Å². The first kappa shape index (κ1) is 23.4. The molecule has 1 saturated carbocycles. The fourth-order valence-corrected chi connectivity index (χ4v) is 7.07. The van der Waals surface area contributed by atoms with Gasteiger partial charge in [0.15, 0.2) is 0 Å². The third-order valence-electron chi connectivity index (χ3n) is 7.15. The van der Waals surface area contributed by atoms with Crippen LogP contribution in [0.15, 0.2) is 29.2 Å². The molecule has 2 aromatic rings. The molecule has 5 rings (SSSR count). The molecule has 11 heteroatoms. The maximum atomic E-state index is 13.8. The standard InChI is InChI=1S/C23H29F2N5O3S/c24-18-13-19(25)15-20(14-18)30-23(31)22(17-5-1-2-6-17)21(16-26-30)27-9-11-29(12-10-27)34(32,33)28-7-3-4-8-28/h13-17H,1-12H2. The molecule has 3 fully saturated rings. The molecule has 0 N–H and O–H groups in total. The average Bonchev–Trinajstić information content (AvgIpc) is 3.53. The Labute approximate surface area is 198 Å². The van der Waals surface area contributed by atoms with Gasteiger partial charge >= 0.3 is 0 Å². The van der Waals surface area contributed by atoms with Gasteiger partial charge in [0.1, 0.15) is 11.6 Å². The first-order valence-electron chi connectivity index (χ1n) is 11.9. The topological polar surface area (TPSA) is 78.8 Å². The Hall–Kier alpha value is -2.37. The fourth-order valence-electron chi connectivity index (χ4n) is 5.40. The minimum Gasteiger partial charge on any atom is -0.367 e. The molecule has 0 unspecified atom stereocenters. The largest absolute Gasteiger partial charge is 0.367 e. The van der Waals surface area contributed by atoms with Crippen LogP contribution in [0.3, 0.4) is 0 Å². The van der Waals surface area contributed by atoms with E-state index in [9.17, 15) is 22.0 Å². The molecule has 1 aliphatic carbocycles. The van der Waals surface area contributed by atoms with Crippen LogP contribution in [0.1, 0.15) is 50.0 Å². The van der Waals surface area contributed by atoms with E-state index in [0.717, 1.165) is 61.4 Å². The summed E-state index contributed by atoms with van der Waals surface area (Å²) in [7, 11) is -3.46. The SMILES string of the molecule is O=c1c(C2CCCC2)c(N2CCN(S(=O)(=O)N3CCCC3)CC2)cnn1-c1cc(F)cc(F)c1. The highest BCUT2D eigenvalue weighted by molar-refractivity contribution is 7.86. The Bertz CT molecular complexity index is 1200. The number of rotatable bonds is 5. The van der Waals surface area contributed by atoms with E-state index in [1.54, 1.807) is 10.5 Å². The maximum Gasteiger partial charge on any atom is 0.282 e. The predicted molar refractivity (Wildman–Crippen MR) is 124 cm³/mol. The molecular formula is C23H29F2N5O3S. The van der Waals surface area contributed by atoms with Crippen LogP contribution < -0.4 is 10.5 Å². The quantitative estimate of drug-likeness (QED) is 0.640. The molecule has 1 aromatic heterocycles. The van der Waals surface area contributed by atoms with E-state index in [2.05, 4.69) is 5.10 Å². The fraction of sp³-hybridized carbons (Fsp3) is 0.565. The molecule has 3 aliphatic rings. The molecule has 0 bridgehead atoms. The van der Waals surface area contributed by atoms with Crippen LogP contribution in [0, 0.1) is 11.6 Å². The van der Waals surface area contributed by atoms with Crippen LogP contribution in [0.4, 0.5) is 14.5 Å². The van der Waals surface area contributed by atoms with Gasteiger partial charge in [-0.15, -0.1) is 0 Å². The van der Waals surface area contributed by atoms with Gasteiger partial charge in [0.2, 0.25) is 0 Å². The van der Waals surface area contributed by atoms with Crippen molar-refractivity contribution in [3.63, 3.8) is 0 Å². The van der Waals surface area contributed by atoms with Crippen molar-refractivity contribution in [2.45, 2.75) is 44.4 Å². The third-order valence-corrected chi connectivity index (χ3v) is 9.18. The van der Waals surface area contributed by atoms with Crippen molar-refractivity contribution in [2.75, 3.05) is 44.2 Å². The van der Waals surface area contributed by atoms with E-state index >= 15 is 0 Å². The average molecular weight is 494 g/mol. The summed E-state index contributed by atoms with van der Waals surface area (Å²) in [6.07, 6.45) is 7.13. The molecular weight excluding hydrogens is 464 g/mol. The zero-order valence-electron chi connectivity index (χ0n) is 19.0. The van der Waals surface area contributed by atoms with Gasteiger partial charge in [0.05, 0.1) is 17.6 Å². The highest BCUT2D eigenvalue weighted by Gasteiger charge is 2.35. The molecule has 3 heterocycles. The van der Waals surface area contributed by atoms with Crippen LogP contribution >= 0.6 is 0 Å². The predicted octanol–water partition coefficient (Wildman–Crippen LogP) is 2.63. The van der Waals surface area contributed by atoms with Crippen molar-refractivity contribution < 1.29 is 17.2 Å². The molecule has 8 nitrogen and oxygen atoms in total. The number of aromatic nitrogens is 2. The summed E-state index contributed by atoms with van der Waals surface area (Å²) in [6, 6.07) is 2.95. The van der Waals surface area contributed by atoms with E-state index in [4.69, 9.17) is 0 Å². The van der Waals surface area contributed by atoms with Crippen molar-refractivity contribution in [1.82, 2.24) is 18.4 Å². The van der Waals surface area contributed by atoms with Crippen molar-refractivity contribution in [3.8, 4) is 5.69 Å². The second-order valence-corrected chi connectivity index (χ2v) is 11.2. The third kappa shape index (κ3) is 4.36. The van der Waals surface area contributed by atoms with E-state index in [1.165, 1.54) is 4.31 Å². The van der Waals surface area contributed by atoms with Gasteiger partial charge in [0.25, 0.3) is 15.8 Å². The maximum absolute atomic E-state index is 13.8. The smallest absolute Gasteiger partial charge is 0.282 e. The monoisotopic (exact) mass is 493 g/mol.